The number of hydrogen-bond donors (Lipinski definition) is 4. The zero-order valence-electron chi connectivity index (χ0n) is 12.5. The van der Waals surface area contributed by atoms with Crippen LogP contribution in [-0.4, -0.2) is 32.0 Å². The molecule has 1 heterocycles. The van der Waals surface area contributed by atoms with Crippen LogP contribution >= 0.6 is 12.4 Å². The third-order valence-electron chi connectivity index (χ3n) is 3.23. The maximum Gasteiger partial charge on any atom is 0.314 e. The Kier molecular flexibility index (Phi) is 6.20. The predicted octanol–water partition coefficient (Wildman–Crippen LogP) is 0.499. The highest BCUT2D eigenvalue weighted by Crippen LogP contribution is 2.21. The second-order valence-corrected chi connectivity index (χ2v) is 5.07. The first-order valence-corrected chi connectivity index (χ1v) is 6.66. The minimum Gasteiger partial charge on any atom is -0.481 e. The van der Waals surface area contributed by atoms with Crippen molar-refractivity contribution in [2.45, 2.75) is 25.9 Å². The average Bonchev–Trinajstić information content (AvgIpc) is 2.45. The normalized spacial score (nSPS) is 11.7. The number of hydrogen-bond acceptors (Lipinski definition) is 6. The first-order valence-electron chi connectivity index (χ1n) is 6.66. The maximum absolute atomic E-state index is 11.5. The van der Waals surface area contributed by atoms with Crippen LogP contribution in [-0.2, 0) is 11.3 Å². The Hall–Kier alpha value is -2.72. The van der Waals surface area contributed by atoms with Gasteiger partial charge in [-0.15, -0.1) is 12.4 Å². The average molecular weight is 359 g/mol. The van der Waals surface area contributed by atoms with Crippen molar-refractivity contribution in [2.75, 3.05) is 0 Å². The lowest BCUT2D eigenvalue weighted by Gasteiger charge is -2.12. The van der Waals surface area contributed by atoms with E-state index in [2.05, 4.69) is 15.3 Å². The minimum absolute atomic E-state index is 0. The number of benzene rings is 1. The van der Waals surface area contributed by atoms with Crippen LogP contribution < -0.4 is 16.4 Å². The standard InChI is InChI=1S/C13H14N4O6.ClH/c1-6(2-10(18)19)14-5-7-3-8(17(22)23)4-9-11(7)16-13(21)12(20)15-9;/h3-4,6,14H,2,5H2,1H3,(H,15,20)(H,16,21)(H,18,19);1H. The molecule has 1 atom stereocenters. The van der Waals surface area contributed by atoms with Crippen molar-refractivity contribution in [1.29, 1.82) is 0 Å². The number of non-ortho nitro benzene ring substituents is 1. The Morgan fingerprint density at radius 3 is 2.54 bits per heavy atom. The van der Waals surface area contributed by atoms with Gasteiger partial charge in [0.05, 0.1) is 22.4 Å². The van der Waals surface area contributed by atoms with Crippen LogP contribution in [0, 0.1) is 10.1 Å². The van der Waals surface area contributed by atoms with Gasteiger partial charge < -0.3 is 20.4 Å². The van der Waals surface area contributed by atoms with Crippen molar-refractivity contribution in [3.8, 4) is 0 Å². The number of nitrogens with zero attached hydrogens (tertiary/aromatic N) is 1. The first kappa shape index (κ1) is 19.3. The number of aromatic amines is 2. The van der Waals surface area contributed by atoms with Crippen LogP contribution in [0.3, 0.4) is 0 Å². The van der Waals surface area contributed by atoms with E-state index in [1.807, 2.05) is 0 Å². The Bertz CT molecular complexity index is 890. The van der Waals surface area contributed by atoms with Gasteiger partial charge in [-0.25, -0.2) is 0 Å². The Balaban J connectivity index is 0.00000288. The number of carboxylic acids is 1. The molecule has 1 unspecified atom stereocenters. The summed E-state index contributed by atoms with van der Waals surface area (Å²) in [5, 5.41) is 22.6. The summed E-state index contributed by atoms with van der Waals surface area (Å²) in [6, 6.07) is 2.03. The molecule has 2 aromatic rings. The molecule has 1 aromatic carbocycles. The van der Waals surface area contributed by atoms with E-state index in [-0.39, 0.29) is 48.1 Å². The number of nitro benzene ring substituents is 1. The smallest absolute Gasteiger partial charge is 0.314 e. The third-order valence-corrected chi connectivity index (χ3v) is 3.23. The number of aliphatic carboxylic acids is 1. The fourth-order valence-electron chi connectivity index (χ4n) is 2.14. The molecular weight excluding hydrogens is 344 g/mol. The SMILES string of the molecule is CC(CC(=O)O)NCc1cc([N+](=O)[O-])cc2[nH]c(=O)c(=O)[nH]c12.Cl. The fourth-order valence-corrected chi connectivity index (χ4v) is 2.14. The summed E-state index contributed by atoms with van der Waals surface area (Å²) in [5.74, 6) is -0.980. The van der Waals surface area contributed by atoms with E-state index in [1.165, 1.54) is 6.07 Å². The fraction of sp³-hybridized carbons (Fsp3) is 0.308. The molecule has 0 aliphatic rings. The van der Waals surface area contributed by atoms with E-state index in [4.69, 9.17) is 5.11 Å². The van der Waals surface area contributed by atoms with Crippen LogP contribution in [0.2, 0.25) is 0 Å². The zero-order chi connectivity index (χ0) is 17.1. The second-order valence-electron chi connectivity index (χ2n) is 5.07. The van der Waals surface area contributed by atoms with Crippen LogP contribution in [0.4, 0.5) is 5.69 Å². The monoisotopic (exact) mass is 358 g/mol. The summed E-state index contributed by atoms with van der Waals surface area (Å²) in [6.45, 7) is 1.74. The highest BCUT2D eigenvalue weighted by atomic mass is 35.5. The summed E-state index contributed by atoms with van der Waals surface area (Å²) in [7, 11) is 0. The van der Waals surface area contributed by atoms with Crippen LogP contribution in [0.5, 0.6) is 0 Å². The summed E-state index contributed by atoms with van der Waals surface area (Å²) >= 11 is 0. The lowest BCUT2D eigenvalue weighted by Crippen LogP contribution is -2.31. The molecule has 11 heteroatoms. The molecule has 0 radical (unpaired) electrons. The molecule has 2 rings (SSSR count). The molecule has 24 heavy (non-hydrogen) atoms. The van der Waals surface area contributed by atoms with Gasteiger partial charge in [0, 0.05) is 24.7 Å². The molecule has 0 saturated heterocycles. The summed E-state index contributed by atoms with van der Waals surface area (Å²) in [6.07, 6.45) is -0.125. The van der Waals surface area contributed by atoms with E-state index in [0.29, 0.717) is 5.56 Å². The summed E-state index contributed by atoms with van der Waals surface area (Å²) < 4.78 is 0. The van der Waals surface area contributed by atoms with E-state index in [9.17, 15) is 24.5 Å². The maximum atomic E-state index is 11.5. The molecule has 0 bridgehead atoms. The Morgan fingerprint density at radius 1 is 1.33 bits per heavy atom. The number of aromatic nitrogens is 2. The van der Waals surface area contributed by atoms with Gasteiger partial charge in [-0.05, 0) is 12.5 Å². The number of carboxylic acid groups (broad SMARTS) is 1. The van der Waals surface area contributed by atoms with E-state index in [1.54, 1.807) is 6.92 Å². The number of carbonyl (C=O) groups is 1. The van der Waals surface area contributed by atoms with E-state index >= 15 is 0 Å². The molecule has 4 N–H and O–H groups in total. The molecule has 1 aromatic heterocycles. The Morgan fingerprint density at radius 2 is 1.96 bits per heavy atom. The van der Waals surface area contributed by atoms with Crippen molar-refractivity contribution >= 4 is 35.1 Å². The van der Waals surface area contributed by atoms with Crippen LogP contribution in [0.15, 0.2) is 21.7 Å². The van der Waals surface area contributed by atoms with Gasteiger partial charge in [-0.2, -0.15) is 0 Å². The number of H-pyrrole nitrogens is 2. The number of nitrogens with one attached hydrogen (secondary N) is 3. The second kappa shape index (κ2) is 7.70. The predicted molar refractivity (Wildman–Crippen MR) is 87.6 cm³/mol. The van der Waals surface area contributed by atoms with Gasteiger partial charge in [-0.3, -0.25) is 24.5 Å². The highest BCUT2D eigenvalue weighted by Gasteiger charge is 2.15. The molecule has 130 valence electrons. The highest BCUT2D eigenvalue weighted by molar-refractivity contribution is 5.85. The van der Waals surface area contributed by atoms with Gasteiger partial charge in [0.2, 0.25) is 0 Å². The van der Waals surface area contributed by atoms with Gasteiger partial charge in [-0.1, -0.05) is 0 Å². The number of rotatable bonds is 6. The van der Waals surface area contributed by atoms with Gasteiger partial charge >= 0.3 is 17.1 Å². The lowest BCUT2D eigenvalue weighted by molar-refractivity contribution is -0.384. The molecule has 10 nitrogen and oxygen atoms in total. The molecule has 0 aliphatic carbocycles. The minimum atomic E-state index is -0.980. The molecule has 0 spiro atoms. The van der Waals surface area contributed by atoms with Crippen molar-refractivity contribution < 1.29 is 14.8 Å². The molecule has 0 aliphatic heterocycles. The Labute approximate surface area is 140 Å². The van der Waals surface area contributed by atoms with E-state index in [0.717, 1.165) is 6.07 Å². The molecule has 0 fully saturated rings. The van der Waals surface area contributed by atoms with Crippen molar-refractivity contribution in [1.82, 2.24) is 15.3 Å². The van der Waals surface area contributed by atoms with E-state index < -0.39 is 22.0 Å². The number of nitro groups is 1. The van der Waals surface area contributed by atoms with Crippen LogP contribution in [0.25, 0.3) is 11.0 Å². The number of halogens is 1. The largest absolute Gasteiger partial charge is 0.481 e. The van der Waals surface area contributed by atoms with Crippen LogP contribution in [0.1, 0.15) is 18.9 Å². The van der Waals surface area contributed by atoms with Crippen molar-refractivity contribution in [3.63, 3.8) is 0 Å². The molecule has 0 saturated carbocycles. The third kappa shape index (κ3) is 4.40. The molecule has 0 amide bonds. The van der Waals surface area contributed by atoms with Gasteiger partial charge in [0.15, 0.2) is 0 Å². The number of fused-ring (bicyclic) bond motifs is 1. The topological polar surface area (TPSA) is 158 Å². The molecular formula is C13H15ClN4O6. The van der Waals surface area contributed by atoms with Crippen molar-refractivity contribution in [2.24, 2.45) is 0 Å². The summed E-state index contributed by atoms with van der Waals surface area (Å²) in [5.41, 5.74) is -1.26. The summed E-state index contributed by atoms with van der Waals surface area (Å²) in [4.78, 5) is 48.5. The van der Waals surface area contributed by atoms with Gasteiger partial charge in [0.1, 0.15) is 0 Å². The first-order chi connectivity index (χ1) is 10.8. The quantitative estimate of drug-likeness (QED) is 0.332. The van der Waals surface area contributed by atoms with Crippen molar-refractivity contribution in [3.05, 3.63) is 48.5 Å². The lowest BCUT2D eigenvalue weighted by atomic mass is 10.1. The zero-order valence-corrected chi connectivity index (χ0v) is 13.3. The van der Waals surface area contributed by atoms with Gasteiger partial charge in [0.25, 0.3) is 5.69 Å².